The Morgan fingerprint density at radius 3 is 2.58 bits per heavy atom. The van der Waals surface area contributed by atoms with Crippen LogP contribution >= 0.6 is 0 Å². The van der Waals surface area contributed by atoms with Crippen LogP contribution in [-0.4, -0.2) is 38.0 Å². The van der Waals surface area contributed by atoms with Crippen molar-refractivity contribution in [2.45, 2.75) is 19.4 Å². The van der Waals surface area contributed by atoms with Gasteiger partial charge in [0.25, 0.3) is 5.91 Å². The highest BCUT2D eigenvalue weighted by atomic mass is 16.1. The lowest BCUT2D eigenvalue weighted by atomic mass is 10.1. The first-order valence-corrected chi connectivity index (χ1v) is 8.52. The lowest BCUT2D eigenvalue weighted by Gasteiger charge is -2.18. The smallest absolute Gasteiger partial charge is 0.255 e. The van der Waals surface area contributed by atoms with Gasteiger partial charge in [0.1, 0.15) is 0 Å². The number of para-hydroxylation sites is 1. The van der Waals surface area contributed by atoms with Crippen molar-refractivity contribution in [3.63, 3.8) is 0 Å². The standard InChI is InChI=1S/C20H25N3O/c1-22(2)18-10-7-9-16(14-18)20(24)21-19-11-4-3-8-17(19)15-23-12-5-6-13-23/h3-4,7-11,14H,5-6,12-13,15H2,1-2H3,(H,21,24). The van der Waals surface area contributed by atoms with Crippen molar-refractivity contribution in [3.8, 4) is 0 Å². The Balaban J connectivity index is 1.75. The zero-order chi connectivity index (χ0) is 16.9. The van der Waals surface area contributed by atoms with Crippen LogP contribution in [-0.2, 0) is 6.54 Å². The number of nitrogens with zero attached hydrogens (tertiary/aromatic N) is 2. The molecule has 1 amide bonds. The van der Waals surface area contributed by atoms with E-state index in [4.69, 9.17) is 0 Å². The van der Waals surface area contributed by atoms with Gasteiger partial charge < -0.3 is 10.2 Å². The average molecular weight is 323 g/mol. The molecule has 2 aromatic rings. The summed E-state index contributed by atoms with van der Waals surface area (Å²) in [6, 6.07) is 15.8. The highest BCUT2D eigenvalue weighted by Gasteiger charge is 2.15. The third-order valence-corrected chi connectivity index (χ3v) is 4.48. The molecule has 0 radical (unpaired) electrons. The Bertz CT molecular complexity index is 706. The van der Waals surface area contributed by atoms with Crippen LogP contribution in [0.4, 0.5) is 11.4 Å². The van der Waals surface area contributed by atoms with E-state index in [0.29, 0.717) is 5.56 Å². The quantitative estimate of drug-likeness (QED) is 0.913. The lowest BCUT2D eigenvalue weighted by Crippen LogP contribution is -2.20. The number of carbonyl (C=O) groups is 1. The van der Waals surface area contributed by atoms with Crippen LogP contribution in [0.2, 0.25) is 0 Å². The van der Waals surface area contributed by atoms with Gasteiger partial charge in [-0.3, -0.25) is 9.69 Å². The zero-order valence-electron chi connectivity index (χ0n) is 14.5. The topological polar surface area (TPSA) is 35.6 Å². The number of anilines is 2. The third-order valence-electron chi connectivity index (χ3n) is 4.48. The molecule has 0 bridgehead atoms. The van der Waals surface area contributed by atoms with Crippen LogP contribution in [0.3, 0.4) is 0 Å². The average Bonchev–Trinajstić information content (AvgIpc) is 3.10. The molecule has 4 heteroatoms. The fraction of sp³-hybridized carbons (Fsp3) is 0.350. The van der Waals surface area contributed by atoms with Crippen LogP contribution in [0, 0.1) is 0 Å². The van der Waals surface area contributed by atoms with Crippen molar-refractivity contribution in [2.24, 2.45) is 0 Å². The molecule has 4 nitrogen and oxygen atoms in total. The SMILES string of the molecule is CN(C)c1cccc(C(=O)Nc2ccccc2CN2CCCC2)c1. The number of likely N-dealkylation sites (tertiary alicyclic amines) is 1. The maximum absolute atomic E-state index is 12.6. The van der Waals surface area contributed by atoms with Gasteiger partial charge in [0.2, 0.25) is 0 Å². The molecule has 1 aliphatic heterocycles. The molecule has 1 aliphatic rings. The summed E-state index contributed by atoms with van der Waals surface area (Å²) < 4.78 is 0. The van der Waals surface area contributed by atoms with Crippen LogP contribution in [0.1, 0.15) is 28.8 Å². The molecule has 0 aromatic heterocycles. The van der Waals surface area contributed by atoms with Gasteiger partial charge in [0.05, 0.1) is 0 Å². The van der Waals surface area contributed by atoms with Gasteiger partial charge in [0, 0.05) is 37.6 Å². The predicted octanol–water partition coefficient (Wildman–Crippen LogP) is 3.60. The van der Waals surface area contributed by atoms with E-state index in [1.165, 1.54) is 18.4 Å². The summed E-state index contributed by atoms with van der Waals surface area (Å²) in [6.07, 6.45) is 2.54. The van der Waals surface area contributed by atoms with Gasteiger partial charge in [-0.05, 0) is 55.8 Å². The fourth-order valence-electron chi connectivity index (χ4n) is 3.08. The van der Waals surface area contributed by atoms with Gasteiger partial charge in [0.15, 0.2) is 0 Å². The van der Waals surface area contributed by atoms with E-state index in [9.17, 15) is 4.79 Å². The minimum atomic E-state index is -0.0624. The molecular weight excluding hydrogens is 298 g/mol. The molecule has 24 heavy (non-hydrogen) atoms. The van der Waals surface area contributed by atoms with Crippen LogP contribution in [0.15, 0.2) is 48.5 Å². The minimum Gasteiger partial charge on any atom is -0.378 e. The monoisotopic (exact) mass is 323 g/mol. The molecule has 2 aromatic carbocycles. The summed E-state index contributed by atoms with van der Waals surface area (Å²) in [6.45, 7) is 3.19. The molecule has 1 heterocycles. The van der Waals surface area contributed by atoms with E-state index in [-0.39, 0.29) is 5.91 Å². The molecule has 126 valence electrons. The van der Waals surface area contributed by atoms with E-state index < -0.39 is 0 Å². The summed E-state index contributed by atoms with van der Waals surface area (Å²) in [5.41, 5.74) is 3.78. The fourth-order valence-corrected chi connectivity index (χ4v) is 3.08. The van der Waals surface area contributed by atoms with Crippen molar-refractivity contribution in [1.29, 1.82) is 0 Å². The van der Waals surface area contributed by atoms with Crippen molar-refractivity contribution in [3.05, 3.63) is 59.7 Å². The number of benzene rings is 2. The maximum Gasteiger partial charge on any atom is 0.255 e. The molecule has 1 saturated heterocycles. The first kappa shape index (κ1) is 16.5. The summed E-state index contributed by atoms with van der Waals surface area (Å²) in [5.74, 6) is -0.0624. The molecule has 0 spiro atoms. The third kappa shape index (κ3) is 3.95. The largest absolute Gasteiger partial charge is 0.378 e. The maximum atomic E-state index is 12.6. The molecule has 0 saturated carbocycles. The second-order valence-electron chi connectivity index (χ2n) is 6.54. The Morgan fingerprint density at radius 1 is 1.08 bits per heavy atom. The van der Waals surface area contributed by atoms with Gasteiger partial charge in [-0.1, -0.05) is 24.3 Å². The second kappa shape index (κ2) is 7.49. The Kier molecular flexibility index (Phi) is 5.16. The highest BCUT2D eigenvalue weighted by Crippen LogP contribution is 2.21. The van der Waals surface area contributed by atoms with Crippen molar-refractivity contribution >= 4 is 17.3 Å². The number of hydrogen-bond acceptors (Lipinski definition) is 3. The Morgan fingerprint density at radius 2 is 1.83 bits per heavy atom. The first-order valence-electron chi connectivity index (χ1n) is 8.52. The van der Waals surface area contributed by atoms with Gasteiger partial charge in [-0.15, -0.1) is 0 Å². The van der Waals surface area contributed by atoms with Crippen molar-refractivity contribution < 1.29 is 4.79 Å². The summed E-state index contributed by atoms with van der Waals surface area (Å²) >= 11 is 0. The first-order chi connectivity index (χ1) is 11.6. The van der Waals surface area contributed by atoms with Crippen molar-refractivity contribution in [1.82, 2.24) is 4.90 Å². The van der Waals surface area contributed by atoms with Crippen LogP contribution < -0.4 is 10.2 Å². The molecule has 1 N–H and O–H groups in total. The summed E-state index contributed by atoms with van der Waals surface area (Å²) in [5, 5.41) is 3.08. The number of nitrogens with one attached hydrogen (secondary N) is 1. The molecule has 0 unspecified atom stereocenters. The van der Waals surface area contributed by atoms with Gasteiger partial charge >= 0.3 is 0 Å². The number of amides is 1. The Hall–Kier alpha value is -2.33. The number of hydrogen-bond donors (Lipinski definition) is 1. The zero-order valence-corrected chi connectivity index (χ0v) is 14.5. The molecule has 0 aliphatic carbocycles. The molecular formula is C20H25N3O. The molecule has 1 fully saturated rings. The predicted molar refractivity (Wildman–Crippen MR) is 99.7 cm³/mol. The van der Waals surface area contributed by atoms with E-state index in [2.05, 4.69) is 16.3 Å². The van der Waals surface area contributed by atoms with Crippen molar-refractivity contribution in [2.75, 3.05) is 37.4 Å². The van der Waals surface area contributed by atoms with Gasteiger partial charge in [-0.25, -0.2) is 0 Å². The van der Waals surface area contributed by atoms with Crippen LogP contribution in [0.25, 0.3) is 0 Å². The van der Waals surface area contributed by atoms with E-state index in [0.717, 1.165) is 31.0 Å². The second-order valence-corrected chi connectivity index (χ2v) is 6.54. The van der Waals surface area contributed by atoms with E-state index in [1.807, 2.05) is 61.5 Å². The minimum absolute atomic E-state index is 0.0624. The van der Waals surface area contributed by atoms with E-state index >= 15 is 0 Å². The molecule has 3 rings (SSSR count). The summed E-state index contributed by atoms with van der Waals surface area (Å²) in [7, 11) is 3.95. The lowest BCUT2D eigenvalue weighted by molar-refractivity contribution is 0.102. The summed E-state index contributed by atoms with van der Waals surface area (Å²) in [4.78, 5) is 17.1. The Labute approximate surface area is 144 Å². The van der Waals surface area contributed by atoms with Crippen LogP contribution in [0.5, 0.6) is 0 Å². The number of carbonyl (C=O) groups excluding carboxylic acids is 1. The van der Waals surface area contributed by atoms with Gasteiger partial charge in [-0.2, -0.15) is 0 Å². The molecule has 0 atom stereocenters. The van der Waals surface area contributed by atoms with E-state index in [1.54, 1.807) is 0 Å². The highest BCUT2D eigenvalue weighted by molar-refractivity contribution is 6.05. The number of rotatable bonds is 5. The normalized spacial score (nSPS) is 14.6.